The molecule has 48 heavy (non-hydrogen) atoms. The first-order valence-electron chi connectivity index (χ1n) is 16.5. The van der Waals surface area contributed by atoms with Crippen LogP contribution in [-0.4, -0.2) is 4.57 Å². The molecule has 224 valence electrons. The maximum Gasteiger partial charge on any atom is 0.0548 e. The van der Waals surface area contributed by atoms with Gasteiger partial charge in [-0.3, -0.25) is 0 Å². The predicted octanol–water partition coefficient (Wildman–Crippen LogP) is 12.7. The average Bonchev–Trinajstić information content (AvgIpc) is 3.44. The van der Waals surface area contributed by atoms with E-state index in [9.17, 15) is 0 Å². The maximum atomic E-state index is 2.48. The van der Waals surface area contributed by atoms with Gasteiger partial charge in [0.25, 0.3) is 0 Å². The number of rotatable bonds is 5. The van der Waals surface area contributed by atoms with Crippen molar-refractivity contribution in [2.45, 2.75) is 0 Å². The summed E-state index contributed by atoms with van der Waals surface area (Å²) in [6.07, 6.45) is 0. The number of anilines is 3. The van der Waals surface area contributed by atoms with Gasteiger partial charge in [-0.1, -0.05) is 127 Å². The third-order valence-electron chi connectivity index (χ3n) is 9.89. The van der Waals surface area contributed by atoms with Gasteiger partial charge in [0.2, 0.25) is 0 Å². The van der Waals surface area contributed by atoms with Gasteiger partial charge in [0.05, 0.1) is 11.0 Å². The molecule has 0 bridgehead atoms. The fraction of sp³-hybridized carbons (Fsp3) is 0. The highest BCUT2D eigenvalue weighted by molar-refractivity contribution is 6.31. The molecule has 9 aromatic rings. The zero-order chi connectivity index (χ0) is 31.6. The van der Waals surface area contributed by atoms with E-state index in [0.29, 0.717) is 0 Å². The predicted molar refractivity (Wildman–Crippen MR) is 203 cm³/mol. The lowest BCUT2D eigenvalue weighted by Gasteiger charge is -2.26. The van der Waals surface area contributed by atoms with Crippen molar-refractivity contribution in [2.24, 2.45) is 0 Å². The fourth-order valence-electron chi connectivity index (χ4n) is 7.92. The van der Waals surface area contributed by atoms with E-state index in [-0.39, 0.29) is 0 Å². The molecular weight excluding hydrogens is 581 g/mol. The van der Waals surface area contributed by atoms with E-state index in [1.165, 1.54) is 66.0 Å². The molecule has 0 N–H and O–H groups in total. The summed E-state index contributed by atoms with van der Waals surface area (Å²) < 4.78 is 2.48. The van der Waals surface area contributed by atoms with Gasteiger partial charge in [0, 0.05) is 39.1 Å². The quantitative estimate of drug-likeness (QED) is 0.188. The molecule has 10 rings (SSSR count). The molecule has 0 aliphatic heterocycles. The number of para-hydroxylation sites is 2. The molecule has 1 aliphatic rings. The minimum Gasteiger partial charge on any atom is -0.310 e. The lowest BCUT2D eigenvalue weighted by Crippen LogP contribution is -2.10. The summed E-state index contributed by atoms with van der Waals surface area (Å²) >= 11 is 0. The normalized spacial score (nSPS) is 11.8. The number of hydrogen-bond donors (Lipinski definition) is 0. The largest absolute Gasteiger partial charge is 0.310 e. The van der Waals surface area contributed by atoms with E-state index in [1.54, 1.807) is 0 Å². The molecule has 0 fully saturated rings. The molecule has 0 spiro atoms. The monoisotopic (exact) mass is 610 g/mol. The molecule has 0 amide bonds. The summed E-state index contributed by atoms with van der Waals surface area (Å²) in [5.74, 6) is 0. The number of benzene rings is 8. The number of fused-ring (bicyclic) bond motifs is 3. The van der Waals surface area contributed by atoms with Gasteiger partial charge >= 0.3 is 0 Å². The Kier molecular flexibility index (Phi) is 5.91. The zero-order valence-electron chi connectivity index (χ0n) is 26.2. The Bertz CT molecular complexity index is 2610. The van der Waals surface area contributed by atoms with Crippen molar-refractivity contribution < 1.29 is 0 Å². The topological polar surface area (TPSA) is 8.17 Å². The van der Waals surface area contributed by atoms with Crippen LogP contribution in [0.4, 0.5) is 17.1 Å². The van der Waals surface area contributed by atoms with Crippen LogP contribution in [0.2, 0.25) is 0 Å². The van der Waals surface area contributed by atoms with Crippen molar-refractivity contribution in [2.75, 3.05) is 4.90 Å². The van der Waals surface area contributed by atoms with Crippen molar-refractivity contribution in [1.29, 1.82) is 0 Å². The molecule has 1 aliphatic carbocycles. The van der Waals surface area contributed by atoms with Gasteiger partial charge in [0.1, 0.15) is 0 Å². The summed E-state index contributed by atoms with van der Waals surface area (Å²) in [6, 6.07) is 66.1. The van der Waals surface area contributed by atoms with Crippen LogP contribution in [0.15, 0.2) is 182 Å². The Morgan fingerprint density at radius 2 is 0.938 bits per heavy atom. The molecular formula is C46H30N2. The standard InChI is InChI=1S/C46H30N2/c1-4-14-31(15-5-1)37-27-29-42-46-44(37)40-24-11-10-23-38(40)39-25-12-16-32-26-28-41(45(46)43(32)39)48(42)36-22-13-21-35(30-36)47(33-17-6-2-7-18-33)34-19-8-3-9-20-34/h1-30H. The Balaban J connectivity index is 1.32. The Morgan fingerprint density at radius 3 is 1.69 bits per heavy atom. The number of hydrogen-bond acceptors (Lipinski definition) is 1. The molecule has 0 saturated heterocycles. The first-order chi connectivity index (χ1) is 23.8. The van der Waals surface area contributed by atoms with Gasteiger partial charge in [-0.2, -0.15) is 0 Å². The van der Waals surface area contributed by atoms with Crippen LogP contribution < -0.4 is 4.90 Å². The van der Waals surface area contributed by atoms with Crippen LogP contribution in [-0.2, 0) is 0 Å². The molecule has 0 atom stereocenters. The number of nitrogens with zero attached hydrogens (tertiary/aromatic N) is 2. The molecule has 0 saturated carbocycles. The van der Waals surface area contributed by atoms with E-state index in [2.05, 4.69) is 191 Å². The van der Waals surface area contributed by atoms with E-state index >= 15 is 0 Å². The van der Waals surface area contributed by atoms with Gasteiger partial charge < -0.3 is 9.47 Å². The first-order valence-corrected chi connectivity index (χ1v) is 16.5. The SMILES string of the molecule is c1ccc(-c2ccc3c4c2-c2ccccc2-c2cccc5ccc(c4c25)n3-c2cccc(N(c3ccccc3)c3ccccc3)c2)cc1. The van der Waals surface area contributed by atoms with Crippen LogP contribution in [0.5, 0.6) is 0 Å². The van der Waals surface area contributed by atoms with Crippen molar-refractivity contribution in [3.8, 4) is 39.1 Å². The van der Waals surface area contributed by atoms with Crippen LogP contribution in [0, 0.1) is 0 Å². The Morgan fingerprint density at radius 1 is 0.354 bits per heavy atom. The first kappa shape index (κ1) is 26.8. The maximum absolute atomic E-state index is 2.48. The molecule has 2 nitrogen and oxygen atoms in total. The smallest absolute Gasteiger partial charge is 0.0548 e. The molecule has 8 aromatic carbocycles. The average molecular weight is 611 g/mol. The molecule has 0 radical (unpaired) electrons. The molecule has 1 aromatic heterocycles. The van der Waals surface area contributed by atoms with Gasteiger partial charge in [-0.25, -0.2) is 0 Å². The van der Waals surface area contributed by atoms with Gasteiger partial charge in [-0.15, -0.1) is 0 Å². The van der Waals surface area contributed by atoms with E-state index in [4.69, 9.17) is 0 Å². The second-order valence-corrected chi connectivity index (χ2v) is 12.5. The third-order valence-corrected chi connectivity index (χ3v) is 9.89. The highest BCUT2D eigenvalue weighted by Crippen LogP contribution is 2.52. The minimum atomic E-state index is 1.11. The third kappa shape index (κ3) is 3.93. The van der Waals surface area contributed by atoms with Gasteiger partial charge in [-0.05, 0) is 93.2 Å². The number of aromatic nitrogens is 1. The lowest BCUT2D eigenvalue weighted by molar-refractivity contribution is 1.17. The molecule has 1 heterocycles. The summed E-state index contributed by atoms with van der Waals surface area (Å²) in [6.45, 7) is 0. The fourth-order valence-corrected chi connectivity index (χ4v) is 7.92. The van der Waals surface area contributed by atoms with Crippen molar-refractivity contribution >= 4 is 49.6 Å². The van der Waals surface area contributed by atoms with Crippen LogP contribution in [0.25, 0.3) is 71.6 Å². The van der Waals surface area contributed by atoms with Crippen LogP contribution >= 0.6 is 0 Å². The summed E-state index contributed by atoms with van der Waals surface area (Å²) in [7, 11) is 0. The highest BCUT2D eigenvalue weighted by Gasteiger charge is 2.27. The van der Waals surface area contributed by atoms with Crippen molar-refractivity contribution in [3.63, 3.8) is 0 Å². The summed E-state index contributed by atoms with van der Waals surface area (Å²) in [4.78, 5) is 2.34. The van der Waals surface area contributed by atoms with Crippen molar-refractivity contribution in [3.05, 3.63) is 182 Å². The van der Waals surface area contributed by atoms with Crippen molar-refractivity contribution in [1.82, 2.24) is 4.57 Å². The molecule has 0 unspecified atom stereocenters. The van der Waals surface area contributed by atoms with Crippen LogP contribution in [0.3, 0.4) is 0 Å². The zero-order valence-corrected chi connectivity index (χ0v) is 26.2. The Labute approximate surface area is 279 Å². The van der Waals surface area contributed by atoms with E-state index in [1.807, 2.05) is 0 Å². The Hall–Kier alpha value is -6.38. The summed E-state index contributed by atoms with van der Waals surface area (Å²) in [5, 5.41) is 5.21. The van der Waals surface area contributed by atoms with E-state index < -0.39 is 0 Å². The second kappa shape index (κ2) is 10.6. The van der Waals surface area contributed by atoms with Crippen LogP contribution in [0.1, 0.15) is 0 Å². The second-order valence-electron chi connectivity index (χ2n) is 12.5. The minimum absolute atomic E-state index is 1.11. The summed E-state index contributed by atoms with van der Waals surface area (Å²) in [5.41, 5.74) is 14.5. The highest BCUT2D eigenvalue weighted by atomic mass is 15.1. The van der Waals surface area contributed by atoms with E-state index in [0.717, 1.165) is 22.7 Å². The van der Waals surface area contributed by atoms with Gasteiger partial charge in [0.15, 0.2) is 0 Å². The lowest BCUT2D eigenvalue weighted by atomic mass is 9.88. The molecule has 2 heteroatoms.